The number of rotatable bonds is 20. The summed E-state index contributed by atoms with van der Waals surface area (Å²) in [5.74, 6) is -0.809. The molecule has 0 aromatic rings. The van der Waals surface area contributed by atoms with Crippen LogP contribution in [0.4, 0.5) is 0 Å². The normalized spacial score (nSPS) is 53.2. The third-order valence-electron chi connectivity index (χ3n) is 24.3. The molecule has 10 rings (SSSR count). The fourth-order valence-corrected chi connectivity index (χ4v) is 18.6. The van der Waals surface area contributed by atoms with Gasteiger partial charge in [-0.05, 0) is 124 Å². The first-order chi connectivity index (χ1) is 44.6. The molecule has 31 heteroatoms. The standard InChI is InChI=1S/C64H108O31/c1-25(2)10-9-14-64(8,95-57-49(82)44(77)42(75)33(90-57)24-86-56-50(83)51(43(76)32(21-67)87-56)92-54-47(80)38(71)28(69)22-84-54)26-11-16-63(7)37(26)27(68)18-35-61(5)15-13-36(60(3,4)34(61)12-17-62(35,63)6)91-58-52(45(78)40(73)30(19-65)88-58)94-59-53(46(79)41(74)31(20-66)89-59)93-55-48(81)39(72)29(70)23-85-55/h10,26-59,65-83H,9,11-24H2,1-8H3. The van der Waals surface area contributed by atoms with Crippen molar-refractivity contribution in [2.45, 2.75) is 303 Å². The molecular formula is C64H108O31. The van der Waals surface area contributed by atoms with Crippen molar-refractivity contribution in [1.29, 1.82) is 0 Å². The largest absolute Gasteiger partial charge is 0.394 e. The van der Waals surface area contributed by atoms with Crippen LogP contribution in [0.1, 0.15) is 113 Å². The third-order valence-corrected chi connectivity index (χ3v) is 24.3. The first-order valence-electron chi connectivity index (χ1n) is 33.7. The lowest BCUT2D eigenvalue weighted by atomic mass is 9.35. The molecule has 0 bridgehead atoms. The minimum absolute atomic E-state index is 0.0447. The van der Waals surface area contributed by atoms with E-state index in [0.29, 0.717) is 44.9 Å². The van der Waals surface area contributed by atoms with Crippen molar-refractivity contribution in [3.63, 3.8) is 0 Å². The number of aliphatic hydroxyl groups is 19. The Labute approximate surface area is 551 Å². The second-order valence-electron chi connectivity index (χ2n) is 30.5. The summed E-state index contributed by atoms with van der Waals surface area (Å²) < 4.78 is 72.7. The zero-order chi connectivity index (χ0) is 69.5. The van der Waals surface area contributed by atoms with Crippen LogP contribution in [-0.2, 0) is 56.8 Å². The van der Waals surface area contributed by atoms with E-state index in [4.69, 9.17) is 56.8 Å². The Kier molecular flexibility index (Phi) is 23.8. The molecule has 0 aromatic carbocycles. The van der Waals surface area contributed by atoms with Crippen LogP contribution in [-0.4, -0.2) is 327 Å². The molecule has 31 nitrogen and oxygen atoms in total. The van der Waals surface area contributed by atoms with Crippen LogP contribution in [0.3, 0.4) is 0 Å². The second-order valence-corrected chi connectivity index (χ2v) is 30.5. The van der Waals surface area contributed by atoms with Gasteiger partial charge in [0.2, 0.25) is 0 Å². The fraction of sp³-hybridized carbons (Fsp3) is 0.969. The molecule has 38 unspecified atom stereocenters. The molecule has 0 aromatic heterocycles. The summed E-state index contributed by atoms with van der Waals surface area (Å²) in [4.78, 5) is 0. The van der Waals surface area contributed by atoms with E-state index in [1.807, 2.05) is 20.8 Å². The minimum Gasteiger partial charge on any atom is -0.394 e. The fourth-order valence-electron chi connectivity index (χ4n) is 18.6. The predicted octanol–water partition coefficient (Wildman–Crippen LogP) is -5.28. The van der Waals surface area contributed by atoms with Gasteiger partial charge in [-0.1, -0.05) is 46.3 Å². The van der Waals surface area contributed by atoms with E-state index in [2.05, 4.69) is 40.7 Å². The van der Waals surface area contributed by atoms with Gasteiger partial charge in [-0.3, -0.25) is 0 Å². The van der Waals surface area contributed by atoms with Crippen molar-refractivity contribution in [3.8, 4) is 0 Å². The molecule has 4 aliphatic carbocycles. The predicted molar refractivity (Wildman–Crippen MR) is 319 cm³/mol. The van der Waals surface area contributed by atoms with E-state index in [-0.39, 0.29) is 29.1 Å². The monoisotopic (exact) mass is 1370 g/mol. The van der Waals surface area contributed by atoms with Gasteiger partial charge in [-0.15, -0.1) is 0 Å². The number of hydrogen-bond donors (Lipinski definition) is 19. The molecule has 10 aliphatic rings. The van der Waals surface area contributed by atoms with Gasteiger partial charge in [0.1, 0.15) is 134 Å². The Morgan fingerprint density at radius 2 is 0.947 bits per heavy atom. The van der Waals surface area contributed by atoms with Gasteiger partial charge in [0, 0.05) is 0 Å². The Hall–Kier alpha value is -1.50. The van der Waals surface area contributed by atoms with Crippen molar-refractivity contribution in [2.24, 2.45) is 45.3 Å². The molecule has 0 radical (unpaired) electrons. The van der Waals surface area contributed by atoms with E-state index in [9.17, 15) is 97.0 Å². The SMILES string of the molecule is CC(C)=CCCC(C)(OC1OC(COC2OC(CO)C(O)C(OC3OCC(O)C(O)C3O)C2O)C(O)C(O)C1O)C1CCC2(C)C1C(O)CC1C3(C)CCC(OC4OC(CO)C(O)C(O)C4OC4OC(CO)C(O)C(O)C4OC4OCC(O)C(O)C4O)C(C)(C)C3CCC12C. The van der Waals surface area contributed by atoms with Crippen molar-refractivity contribution in [2.75, 3.05) is 39.6 Å². The second kappa shape index (κ2) is 29.7. The lowest BCUT2D eigenvalue weighted by molar-refractivity contribution is -0.395. The first kappa shape index (κ1) is 76.1. The highest BCUT2D eigenvalue weighted by atomic mass is 16.8. The zero-order valence-corrected chi connectivity index (χ0v) is 55.2. The Morgan fingerprint density at radius 1 is 0.463 bits per heavy atom. The summed E-state index contributed by atoms with van der Waals surface area (Å²) in [6.07, 6.45) is -41.5. The quantitative estimate of drug-likeness (QED) is 0.0400. The summed E-state index contributed by atoms with van der Waals surface area (Å²) >= 11 is 0. The maximum absolute atomic E-state index is 13.0. The maximum Gasteiger partial charge on any atom is 0.187 e. The van der Waals surface area contributed by atoms with Crippen molar-refractivity contribution < 1.29 is 154 Å². The summed E-state index contributed by atoms with van der Waals surface area (Å²) in [7, 11) is 0. The molecule has 6 aliphatic heterocycles. The number of hydrogen-bond acceptors (Lipinski definition) is 31. The highest BCUT2D eigenvalue weighted by molar-refractivity contribution is 5.21. The van der Waals surface area contributed by atoms with Crippen molar-refractivity contribution in [1.82, 2.24) is 0 Å². The maximum atomic E-state index is 13.0. The first-order valence-corrected chi connectivity index (χ1v) is 33.7. The van der Waals surface area contributed by atoms with Gasteiger partial charge < -0.3 is 154 Å². The lowest BCUT2D eigenvalue weighted by Gasteiger charge is -2.71. The molecule has 6 saturated heterocycles. The van der Waals surface area contributed by atoms with Gasteiger partial charge in [0.25, 0.3) is 0 Å². The van der Waals surface area contributed by atoms with E-state index in [0.717, 1.165) is 18.4 Å². The summed E-state index contributed by atoms with van der Waals surface area (Å²) in [6, 6.07) is 0. The van der Waals surface area contributed by atoms with Crippen LogP contribution in [0.5, 0.6) is 0 Å². The zero-order valence-electron chi connectivity index (χ0n) is 55.2. The molecular weight excluding hydrogens is 1260 g/mol. The molecule has 10 fully saturated rings. The summed E-state index contributed by atoms with van der Waals surface area (Å²) in [5, 5.41) is 208. The third kappa shape index (κ3) is 14.0. The molecule has 38 atom stereocenters. The number of fused-ring (bicyclic) bond motifs is 5. The Morgan fingerprint density at radius 3 is 1.51 bits per heavy atom. The van der Waals surface area contributed by atoms with Crippen LogP contribution in [0.2, 0.25) is 0 Å². The average molecular weight is 1370 g/mol. The smallest absolute Gasteiger partial charge is 0.187 e. The van der Waals surface area contributed by atoms with Crippen molar-refractivity contribution in [3.05, 3.63) is 11.6 Å². The molecule has 550 valence electrons. The van der Waals surface area contributed by atoms with E-state index < -0.39 is 246 Å². The van der Waals surface area contributed by atoms with Crippen LogP contribution < -0.4 is 0 Å². The molecule has 19 N–H and O–H groups in total. The van der Waals surface area contributed by atoms with Crippen LogP contribution in [0, 0.1) is 45.3 Å². The Bertz CT molecular complexity index is 2540. The van der Waals surface area contributed by atoms with Gasteiger partial charge in [0.15, 0.2) is 37.7 Å². The lowest BCUT2D eigenvalue weighted by Crippen LogP contribution is -2.68. The molecule has 0 amide bonds. The van der Waals surface area contributed by atoms with Crippen LogP contribution >= 0.6 is 0 Å². The molecule has 4 saturated carbocycles. The van der Waals surface area contributed by atoms with Crippen LogP contribution in [0.15, 0.2) is 11.6 Å². The summed E-state index contributed by atoms with van der Waals surface area (Å²) in [5.41, 5.74) is -2.09. The van der Waals surface area contributed by atoms with Crippen LogP contribution in [0.25, 0.3) is 0 Å². The van der Waals surface area contributed by atoms with Gasteiger partial charge in [-0.2, -0.15) is 0 Å². The van der Waals surface area contributed by atoms with Gasteiger partial charge in [-0.25, -0.2) is 0 Å². The van der Waals surface area contributed by atoms with Gasteiger partial charge in [0.05, 0.1) is 57.5 Å². The summed E-state index contributed by atoms with van der Waals surface area (Å²) in [6.45, 7) is 13.0. The molecule has 6 heterocycles. The van der Waals surface area contributed by atoms with Gasteiger partial charge >= 0.3 is 0 Å². The van der Waals surface area contributed by atoms with Crippen molar-refractivity contribution >= 4 is 0 Å². The highest BCUT2D eigenvalue weighted by Gasteiger charge is 2.72. The Balaban J connectivity index is 0.851. The van der Waals surface area contributed by atoms with E-state index in [1.165, 1.54) is 0 Å². The minimum atomic E-state index is -1.90. The molecule has 95 heavy (non-hydrogen) atoms. The number of aliphatic hydroxyl groups excluding tert-OH is 19. The highest BCUT2D eigenvalue weighted by Crippen LogP contribution is 2.76. The van der Waals surface area contributed by atoms with E-state index >= 15 is 0 Å². The van der Waals surface area contributed by atoms with E-state index in [1.54, 1.807) is 0 Å². The number of allylic oxidation sites excluding steroid dienone is 2. The number of ether oxygens (including phenoxy) is 12. The average Bonchev–Trinajstić information content (AvgIpc) is 1.67. The molecule has 0 spiro atoms. The topological polar surface area (TPSA) is 495 Å².